The van der Waals surface area contributed by atoms with Gasteiger partial charge in [0.25, 0.3) is 5.91 Å². The highest BCUT2D eigenvalue weighted by atomic mass is 16.5. The molecule has 0 aromatic carbocycles. The van der Waals surface area contributed by atoms with Crippen LogP contribution in [0, 0.1) is 11.3 Å². The molecule has 1 aromatic rings. The third-order valence-electron chi connectivity index (χ3n) is 1.80. The summed E-state index contributed by atoms with van der Waals surface area (Å²) >= 11 is 0. The molecule has 0 unspecified atom stereocenters. The molecule has 7 nitrogen and oxygen atoms in total. The number of ether oxygens (including phenoxy) is 1. The molecule has 1 heterocycles. The van der Waals surface area contributed by atoms with Crippen molar-refractivity contribution in [1.29, 1.82) is 5.26 Å². The topological polar surface area (TPSA) is 100 Å². The average molecular weight is 224 g/mol. The van der Waals surface area contributed by atoms with E-state index in [9.17, 15) is 4.79 Å². The standard InChI is InChI=1S/C9H12N4O3/c1-16-6-8(15)12-9-7(4-10)5-11-13(9)2-3-14/h5,14H,2-3,6H2,1H3,(H,12,15). The van der Waals surface area contributed by atoms with Crippen LogP contribution in [0.25, 0.3) is 0 Å². The Balaban J connectivity index is 2.87. The molecule has 0 spiro atoms. The first-order valence-corrected chi connectivity index (χ1v) is 4.58. The Labute approximate surface area is 92.2 Å². The van der Waals surface area contributed by atoms with Gasteiger partial charge in [0.1, 0.15) is 24.1 Å². The highest BCUT2D eigenvalue weighted by molar-refractivity contribution is 5.92. The van der Waals surface area contributed by atoms with Crippen molar-refractivity contribution in [3.63, 3.8) is 0 Å². The fourth-order valence-corrected chi connectivity index (χ4v) is 1.16. The van der Waals surface area contributed by atoms with Crippen LogP contribution in [0.15, 0.2) is 6.20 Å². The van der Waals surface area contributed by atoms with Gasteiger partial charge in [-0.05, 0) is 0 Å². The fraction of sp³-hybridized carbons (Fsp3) is 0.444. The summed E-state index contributed by atoms with van der Waals surface area (Å²) in [6.07, 6.45) is 1.33. The molecule has 0 atom stereocenters. The summed E-state index contributed by atoms with van der Waals surface area (Å²) in [5, 5.41) is 23.9. The van der Waals surface area contributed by atoms with Gasteiger partial charge >= 0.3 is 0 Å². The van der Waals surface area contributed by atoms with E-state index < -0.39 is 0 Å². The first-order chi connectivity index (χ1) is 7.72. The van der Waals surface area contributed by atoms with E-state index in [4.69, 9.17) is 10.4 Å². The van der Waals surface area contributed by atoms with Gasteiger partial charge in [-0.1, -0.05) is 0 Å². The minimum Gasteiger partial charge on any atom is -0.394 e. The van der Waals surface area contributed by atoms with Gasteiger partial charge < -0.3 is 15.2 Å². The van der Waals surface area contributed by atoms with Gasteiger partial charge in [0.2, 0.25) is 0 Å². The van der Waals surface area contributed by atoms with Crippen molar-refractivity contribution in [2.24, 2.45) is 0 Å². The van der Waals surface area contributed by atoms with Gasteiger partial charge in [-0.2, -0.15) is 10.4 Å². The molecule has 0 aliphatic rings. The Kier molecular flexibility index (Phi) is 4.44. The number of aliphatic hydroxyl groups excluding tert-OH is 1. The number of hydrogen-bond donors (Lipinski definition) is 2. The van der Waals surface area contributed by atoms with Gasteiger partial charge in [0.05, 0.1) is 19.3 Å². The second-order valence-corrected chi connectivity index (χ2v) is 2.95. The van der Waals surface area contributed by atoms with E-state index in [0.717, 1.165) is 0 Å². The zero-order valence-electron chi connectivity index (χ0n) is 8.80. The molecule has 16 heavy (non-hydrogen) atoms. The normalized spacial score (nSPS) is 9.81. The van der Waals surface area contributed by atoms with Crippen LogP contribution in [0.3, 0.4) is 0 Å². The molecule has 0 fully saturated rings. The van der Waals surface area contributed by atoms with Crippen LogP contribution < -0.4 is 5.32 Å². The minimum absolute atomic E-state index is 0.102. The maximum absolute atomic E-state index is 11.3. The van der Waals surface area contributed by atoms with Crippen molar-refractivity contribution in [2.75, 3.05) is 25.6 Å². The SMILES string of the molecule is COCC(=O)Nc1c(C#N)cnn1CCO. The van der Waals surface area contributed by atoms with Crippen LogP contribution in [0.5, 0.6) is 0 Å². The Morgan fingerprint density at radius 2 is 2.56 bits per heavy atom. The molecule has 1 aromatic heterocycles. The monoisotopic (exact) mass is 224 g/mol. The lowest BCUT2D eigenvalue weighted by Crippen LogP contribution is -2.21. The maximum Gasteiger partial charge on any atom is 0.251 e. The number of amides is 1. The number of nitriles is 1. The molecule has 0 bridgehead atoms. The van der Waals surface area contributed by atoms with Crippen molar-refractivity contribution in [3.05, 3.63) is 11.8 Å². The smallest absolute Gasteiger partial charge is 0.251 e. The molecule has 2 N–H and O–H groups in total. The van der Waals surface area contributed by atoms with Crippen molar-refractivity contribution in [3.8, 4) is 6.07 Å². The molecule has 0 radical (unpaired) electrons. The second-order valence-electron chi connectivity index (χ2n) is 2.95. The van der Waals surface area contributed by atoms with Crippen LogP contribution in [-0.2, 0) is 16.1 Å². The lowest BCUT2D eigenvalue weighted by atomic mass is 10.3. The highest BCUT2D eigenvalue weighted by Gasteiger charge is 2.12. The first kappa shape index (κ1) is 12.2. The lowest BCUT2D eigenvalue weighted by molar-refractivity contribution is -0.119. The van der Waals surface area contributed by atoms with Crippen molar-refractivity contribution >= 4 is 11.7 Å². The number of methoxy groups -OCH3 is 1. The summed E-state index contributed by atoms with van der Waals surface area (Å²) in [5.74, 6) is -0.0997. The van der Waals surface area contributed by atoms with Crippen molar-refractivity contribution in [1.82, 2.24) is 9.78 Å². The summed E-state index contributed by atoms with van der Waals surface area (Å²) in [6.45, 7) is -0.0147. The molecule has 0 aliphatic carbocycles. The second kappa shape index (κ2) is 5.85. The molecular formula is C9H12N4O3. The first-order valence-electron chi connectivity index (χ1n) is 4.58. The largest absolute Gasteiger partial charge is 0.394 e. The van der Waals surface area contributed by atoms with E-state index in [1.54, 1.807) is 0 Å². The van der Waals surface area contributed by atoms with Crippen LogP contribution in [0.2, 0.25) is 0 Å². The Bertz CT molecular complexity index is 407. The average Bonchev–Trinajstić information content (AvgIpc) is 2.62. The van der Waals surface area contributed by atoms with Gasteiger partial charge in [-0.3, -0.25) is 4.79 Å². The molecule has 86 valence electrons. The molecule has 1 rings (SSSR count). The number of rotatable bonds is 5. The van der Waals surface area contributed by atoms with Gasteiger partial charge in [-0.15, -0.1) is 0 Å². The number of aromatic nitrogens is 2. The van der Waals surface area contributed by atoms with Crippen LogP contribution >= 0.6 is 0 Å². The van der Waals surface area contributed by atoms with Crippen LogP contribution in [0.1, 0.15) is 5.56 Å². The zero-order valence-corrected chi connectivity index (χ0v) is 8.80. The Hall–Kier alpha value is -1.91. The molecule has 0 aliphatic heterocycles. The number of carbonyl (C=O) groups excluding carboxylic acids is 1. The third kappa shape index (κ3) is 2.79. The maximum atomic E-state index is 11.3. The van der Waals surface area contributed by atoms with Gasteiger partial charge in [0.15, 0.2) is 0 Å². The quantitative estimate of drug-likeness (QED) is 0.691. The predicted octanol–water partition coefficient (Wildman–Crippen LogP) is -0.668. The number of nitrogens with one attached hydrogen (secondary N) is 1. The van der Waals surface area contributed by atoms with Crippen LogP contribution in [0.4, 0.5) is 5.82 Å². The molecular weight excluding hydrogens is 212 g/mol. The van der Waals surface area contributed by atoms with E-state index in [1.165, 1.54) is 18.0 Å². The van der Waals surface area contributed by atoms with Gasteiger partial charge in [0, 0.05) is 7.11 Å². The highest BCUT2D eigenvalue weighted by Crippen LogP contribution is 2.13. The van der Waals surface area contributed by atoms with Gasteiger partial charge in [-0.25, -0.2) is 4.68 Å². The number of hydrogen-bond acceptors (Lipinski definition) is 5. The summed E-state index contributed by atoms with van der Waals surface area (Å²) < 4.78 is 6.01. The van der Waals surface area contributed by atoms with E-state index in [-0.39, 0.29) is 37.0 Å². The molecule has 7 heteroatoms. The Morgan fingerprint density at radius 1 is 1.81 bits per heavy atom. The van der Waals surface area contributed by atoms with Crippen molar-refractivity contribution in [2.45, 2.75) is 6.54 Å². The lowest BCUT2D eigenvalue weighted by Gasteiger charge is -2.07. The molecule has 0 saturated heterocycles. The fourth-order valence-electron chi connectivity index (χ4n) is 1.16. The number of nitrogens with zero attached hydrogens (tertiary/aromatic N) is 3. The zero-order chi connectivity index (χ0) is 12.0. The molecule has 1 amide bonds. The van der Waals surface area contributed by atoms with Crippen molar-refractivity contribution < 1.29 is 14.6 Å². The number of anilines is 1. The minimum atomic E-state index is -0.376. The van der Waals surface area contributed by atoms with E-state index in [0.29, 0.717) is 0 Å². The summed E-state index contributed by atoms with van der Waals surface area (Å²) in [4.78, 5) is 11.3. The number of carbonyl (C=O) groups is 1. The number of aliphatic hydroxyl groups is 1. The van der Waals surface area contributed by atoms with Crippen LogP contribution in [-0.4, -0.2) is 41.1 Å². The van der Waals surface area contributed by atoms with E-state index in [1.807, 2.05) is 6.07 Å². The summed E-state index contributed by atoms with van der Waals surface area (Å²) in [7, 11) is 1.40. The predicted molar refractivity (Wildman–Crippen MR) is 54.5 cm³/mol. The van der Waals surface area contributed by atoms with E-state index in [2.05, 4.69) is 15.2 Å². The summed E-state index contributed by atoms with van der Waals surface area (Å²) in [6, 6.07) is 1.90. The Morgan fingerprint density at radius 3 is 3.12 bits per heavy atom. The van der Waals surface area contributed by atoms with E-state index >= 15 is 0 Å². The molecule has 0 saturated carbocycles. The summed E-state index contributed by atoms with van der Waals surface area (Å²) in [5.41, 5.74) is 0.248. The third-order valence-corrected chi connectivity index (χ3v) is 1.80.